The zero-order valence-corrected chi connectivity index (χ0v) is 15.5. The minimum Gasteiger partial charge on any atom is -0.143 e. The van der Waals surface area contributed by atoms with Crippen molar-refractivity contribution < 1.29 is 0 Å². The second-order valence-electron chi connectivity index (χ2n) is 6.54. The zero-order chi connectivity index (χ0) is 15.9. The van der Waals surface area contributed by atoms with Crippen molar-refractivity contribution in [3.63, 3.8) is 0 Å². The topological polar surface area (TPSA) is 0 Å². The molecule has 0 N–H and O–H groups in total. The Hall–Kier alpha value is -0.860. The quantitative estimate of drug-likeness (QED) is 0.640. The highest BCUT2D eigenvalue weighted by Crippen LogP contribution is 2.36. The summed E-state index contributed by atoms with van der Waals surface area (Å²) in [6.45, 7) is 13.1. The van der Waals surface area contributed by atoms with Crippen LogP contribution < -0.4 is 0 Å². The largest absolute Gasteiger partial charge is 0.143 e. The molecule has 0 heterocycles. The highest BCUT2D eigenvalue weighted by molar-refractivity contribution is 7.80. The summed E-state index contributed by atoms with van der Waals surface area (Å²) in [7, 11) is 0. The van der Waals surface area contributed by atoms with Gasteiger partial charge in [0.1, 0.15) is 0 Å². The van der Waals surface area contributed by atoms with Crippen molar-refractivity contribution in [3.8, 4) is 0 Å². The van der Waals surface area contributed by atoms with Crippen LogP contribution >= 0.6 is 25.3 Å². The van der Waals surface area contributed by atoms with E-state index in [1.165, 1.54) is 33.4 Å². The molecule has 112 valence electrons. The van der Waals surface area contributed by atoms with Crippen LogP contribution in [0.5, 0.6) is 0 Å². The SMILES string of the molecule is Cc1cc(C(C)(C)c2cc(C)c(S)c(C)c2)cc(C)c1S. The molecule has 0 aromatic heterocycles. The van der Waals surface area contributed by atoms with Gasteiger partial charge in [0, 0.05) is 15.2 Å². The first kappa shape index (κ1) is 16.5. The van der Waals surface area contributed by atoms with E-state index < -0.39 is 0 Å². The molecule has 2 rings (SSSR count). The minimum atomic E-state index is -0.0337. The Labute approximate surface area is 139 Å². The van der Waals surface area contributed by atoms with Crippen LogP contribution in [0.25, 0.3) is 0 Å². The molecule has 21 heavy (non-hydrogen) atoms. The molecule has 0 amide bonds. The van der Waals surface area contributed by atoms with E-state index in [0.29, 0.717) is 0 Å². The molecular weight excluding hydrogens is 292 g/mol. The van der Waals surface area contributed by atoms with Gasteiger partial charge in [0.2, 0.25) is 0 Å². The summed E-state index contributed by atoms with van der Waals surface area (Å²) in [5, 5.41) is 0. The van der Waals surface area contributed by atoms with Gasteiger partial charge in [0.05, 0.1) is 0 Å². The fourth-order valence-corrected chi connectivity index (χ4v) is 3.06. The summed E-state index contributed by atoms with van der Waals surface area (Å²) in [6, 6.07) is 9.03. The lowest BCUT2D eigenvalue weighted by Crippen LogP contribution is -2.20. The molecule has 0 nitrogen and oxygen atoms in total. The Morgan fingerprint density at radius 3 is 1.10 bits per heavy atom. The van der Waals surface area contributed by atoms with Crippen molar-refractivity contribution >= 4 is 25.3 Å². The van der Waals surface area contributed by atoms with Crippen molar-refractivity contribution in [2.75, 3.05) is 0 Å². The maximum atomic E-state index is 4.58. The molecule has 0 aliphatic heterocycles. The lowest BCUT2D eigenvalue weighted by Gasteiger charge is -2.29. The van der Waals surface area contributed by atoms with Gasteiger partial charge in [-0.2, -0.15) is 0 Å². The Morgan fingerprint density at radius 1 is 0.619 bits per heavy atom. The molecule has 0 aliphatic rings. The van der Waals surface area contributed by atoms with Crippen LogP contribution in [0, 0.1) is 27.7 Å². The van der Waals surface area contributed by atoms with Gasteiger partial charge >= 0.3 is 0 Å². The fraction of sp³-hybridized carbons (Fsp3) is 0.368. The van der Waals surface area contributed by atoms with E-state index in [0.717, 1.165) is 9.79 Å². The Bertz CT molecular complexity index is 591. The molecule has 0 fully saturated rings. The van der Waals surface area contributed by atoms with Gasteiger partial charge in [-0.25, -0.2) is 0 Å². The molecule has 0 unspecified atom stereocenters. The Kier molecular flexibility index (Phi) is 4.51. The maximum Gasteiger partial charge on any atom is 0.0146 e. The van der Waals surface area contributed by atoms with E-state index in [4.69, 9.17) is 0 Å². The first-order chi connectivity index (χ1) is 9.64. The van der Waals surface area contributed by atoms with Crippen molar-refractivity contribution in [1.29, 1.82) is 0 Å². The number of aryl methyl sites for hydroxylation is 4. The van der Waals surface area contributed by atoms with Crippen LogP contribution in [-0.2, 0) is 5.41 Å². The summed E-state index contributed by atoms with van der Waals surface area (Å²) in [5.74, 6) is 0. The van der Waals surface area contributed by atoms with E-state index in [1.54, 1.807) is 0 Å². The monoisotopic (exact) mass is 316 g/mol. The first-order valence-corrected chi connectivity index (χ1v) is 8.15. The highest BCUT2D eigenvalue weighted by Gasteiger charge is 2.25. The summed E-state index contributed by atoms with van der Waals surface area (Å²) in [5.41, 5.74) is 7.58. The number of hydrogen-bond acceptors (Lipinski definition) is 2. The Balaban J connectivity index is 2.61. The van der Waals surface area contributed by atoms with E-state index in [-0.39, 0.29) is 5.41 Å². The predicted octanol–water partition coefficient (Wildman–Crippen LogP) is 5.82. The van der Waals surface area contributed by atoms with Crippen LogP contribution in [-0.4, -0.2) is 0 Å². The average molecular weight is 317 g/mol. The van der Waals surface area contributed by atoms with Crippen molar-refractivity contribution in [3.05, 3.63) is 57.6 Å². The molecule has 0 saturated carbocycles. The van der Waals surface area contributed by atoms with E-state index in [1.807, 2.05) is 0 Å². The van der Waals surface area contributed by atoms with Crippen LogP contribution in [0.1, 0.15) is 47.2 Å². The number of benzene rings is 2. The molecule has 0 spiro atoms. The molecule has 0 saturated heterocycles. The molecule has 0 bridgehead atoms. The van der Waals surface area contributed by atoms with Crippen LogP contribution in [0.4, 0.5) is 0 Å². The third-order valence-electron chi connectivity index (χ3n) is 4.43. The molecular formula is C19H24S2. The standard InChI is InChI=1S/C19H24S2/c1-11-7-15(8-12(2)17(11)20)19(5,6)16-9-13(3)18(21)14(4)10-16/h7-10,20-21H,1-6H3. The van der Waals surface area contributed by atoms with Gasteiger partial charge in [-0.1, -0.05) is 38.1 Å². The zero-order valence-electron chi connectivity index (χ0n) is 13.7. The summed E-state index contributed by atoms with van der Waals surface area (Å²) < 4.78 is 0. The number of thiol groups is 2. The summed E-state index contributed by atoms with van der Waals surface area (Å²) >= 11 is 9.16. The fourth-order valence-electron chi connectivity index (χ4n) is 2.80. The van der Waals surface area contributed by atoms with Crippen LogP contribution in [0.2, 0.25) is 0 Å². The van der Waals surface area contributed by atoms with Crippen LogP contribution in [0.3, 0.4) is 0 Å². The lowest BCUT2D eigenvalue weighted by atomic mass is 9.76. The van der Waals surface area contributed by atoms with E-state index in [2.05, 4.69) is 91.1 Å². The predicted molar refractivity (Wildman–Crippen MR) is 98.5 cm³/mol. The first-order valence-electron chi connectivity index (χ1n) is 7.26. The third-order valence-corrected chi connectivity index (χ3v) is 5.84. The second-order valence-corrected chi connectivity index (χ2v) is 7.44. The minimum absolute atomic E-state index is 0.0337. The average Bonchev–Trinajstić information content (AvgIpc) is 2.40. The maximum absolute atomic E-state index is 4.58. The van der Waals surface area contributed by atoms with Crippen molar-refractivity contribution in [1.82, 2.24) is 0 Å². The summed E-state index contributed by atoms with van der Waals surface area (Å²) in [4.78, 5) is 2.18. The van der Waals surface area contributed by atoms with Gasteiger partial charge in [-0.05, 0) is 61.1 Å². The van der Waals surface area contributed by atoms with Gasteiger partial charge < -0.3 is 0 Å². The normalized spacial score (nSPS) is 11.8. The second kappa shape index (κ2) is 5.73. The third kappa shape index (κ3) is 3.02. The van der Waals surface area contributed by atoms with Gasteiger partial charge in [-0.3, -0.25) is 0 Å². The van der Waals surface area contributed by atoms with Gasteiger partial charge in [0.15, 0.2) is 0 Å². The Morgan fingerprint density at radius 2 is 0.857 bits per heavy atom. The highest BCUT2D eigenvalue weighted by atomic mass is 32.1. The van der Waals surface area contributed by atoms with E-state index in [9.17, 15) is 0 Å². The van der Waals surface area contributed by atoms with Gasteiger partial charge in [0.25, 0.3) is 0 Å². The summed E-state index contributed by atoms with van der Waals surface area (Å²) in [6.07, 6.45) is 0. The van der Waals surface area contributed by atoms with Crippen molar-refractivity contribution in [2.24, 2.45) is 0 Å². The molecule has 2 aromatic rings. The van der Waals surface area contributed by atoms with E-state index >= 15 is 0 Å². The number of rotatable bonds is 2. The lowest BCUT2D eigenvalue weighted by molar-refractivity contribution is 0.636. The molecule has 2 heteroatoms. The molecule has 0 aliphatic carbocycles. The number of hydrogen-bond donors (Lipinski definition) is 2. The molecule has 0 radical (unpaired) electrons. The van der Waals surface area contributed by atoms with Gasteiger partial charge in [-0.15, -0.1) is 25.3 Å². The smallest absolute Gasteiger partial charge is 0.0146 e. The molecule has 0 atom stereocenters. The van der Waals surface area contributed by atoms with Crippen molar-refractivity contribution in [2.45, 2.75) is 56.7 Å². The van der Waals surface area contributed by atoms with Crippen LogP contribution in [0.15, 0.2) is 34.1 Å². The molecule has 2 aromatic carbocycles.